The molecule has 1 aliphatic heterocycles. The lowest BCUT2D eigenvalue weighted by Crippen LogP contribution is -2.44. The normalized spacial score (nSPS) is 16.1. The van der Waals surface area contributed by atoms with Gasteiger partial charge in [-0.3, -0.25) is 0 Å². The number of rotatable bonds is 5. The third kappa shape index (κ3) is 3.40. The number of ether oxygens (including phenoxy) is 1. The van der Waals surface area contributed by atoms with E-state index in [0.717, 1.165) is 44.7 Å². The predicted octanol–water partition coefficient (Wildman–Crippen LogP) is 0.547. The molecule has 0 atom stereocenters. The van der Waals surface area contributed by atoms with Gasteiger partial charge in [-0.05, 0) is 24.1 Å². The summed E-state index contributed by atoms with van der Waals surface area (Å²) in [5.74, 6) is -1.25. The standard InChI is InChI=1S/C14H20N2O4/c1-20-12-9-10(8-11(13(12)17)14(18)19)2-5-16-6-3-15-4-7-16/h8-9,15,17H,2-7H2,1H3,(H,18,19). The zero-order chi connectivity index (χ0) is 14.5. The van der Waals surface area contributed by atoms with Gasteiger partial charge in [0.1, 0.15) is 5.56 Å². The molecule has 1 aromatic rings. The van der Waals surface area contributed by atoms with Crippen LogP contribution in [0.25, 0.3) is 0 Å². The van der Waals surface area contributed by atoms with Crippen molar-refractivity contribution in [3.63, 3.8) is 0 Å². The van der Waals surface area contributed by atoms with Gasteiger partial charge in [-0.25, -0.2) is 4.79 Å². The quantitative estimate of drug-likeness (QED) is 0.730. The number of hydrogen-bond donors (Lipinski definition) is 3. The summed E-state index contributed by atoms with van der Waals surface area (Å²) < 4.78 is 5.03. The fraction of sp³-hybridized carbons (Fsp3) is 0.500. The molecule has 0 unspecified atom stereocenters. The van der Waals surface area contributed by atoms with Crippen LogP contribution >= 0.6 is 0 Å². The van der Waals surface area contributed by atoms with Gasteiger partial charge < -0.3 is 25.2 Å². The van der Waals surface area contributed by atoms with Crippen LogP contribution in [0.15, 0.2) is 12.1 Å². The van der Waals surface area contributed by atoms with Gasteiger partial charge in [0.05, 0.1) is 7.11 Å². The molecule has 20 heavy (non-hydrogen) atoms. The highest BCUT2D eigenvalue weighted by molar-refractivity contribution is 5.92. The number of hydrogen-bond acceptors (Lipinski definition) is 5. The van der Waals surface area contributed by atoms with Crippen LogP contribution in [0.5, 0.6) is 11.5 Å². The van der Waals surface area contributed by atoms with Crippen LogP contribution in [-0.4, -0.2) is 60.9 Å². The summed E-state index contributed by atoms with van der Waals surface area (Å²) in [7, 11) is 1.42. The number of methoxy groups -OCH3 is 1. The SMILES string of the molecule is COc1cc(CCN2CCNCC2)cc(C(=O)O)c1O. The first-order chi connectivity index (χ1) is 9.61. The fourth-order valence-corrected chi connectivity index (χ4v) is 2.35. The second-order valence-corrected chi connectivity index (χ2v) is 4.84. The molecule has 0 spiro atoms. The lowest BCUT2D eigenvalue weighted by atomic mass is 10.1. The molecule has 3 N–H and O–H groups in total. The van der Waals surface area contributed by atoms with E-state index in [1.807, 2.05) is 0 Å². The molecule has 0 saturated carbocycles. The van der Waals surface area contributed by atoms with E-state index in [1.54, 1.807) is 6.07 Å². The van der Waals surface area contributed by atoms with Crippen molar-refractivity contribution >= 4 is 5.97 Å². The Balaban J connectivity index is 2.10. The van der Waals surface area contributed by atoms with Gasteiger partial charge in [0, 0.05) is 32.7 Å². The fourth-order valence-electron chi connectivity index (χ4n) is 2.35. The summed E-state index contributed by atoms with van der Waals surface area (Å²) >= 11 is 0. The third-order valence-corrected chi connectivity index (χ3v) is 3.51. The van der Waals surface area contributed by atoms with E-state index in [-0.39, 0.29) is 17.1 Å². The Morgan fingerprint density at radius 1 is 1.40 bits per heavy atom. The van der Waals surface area contributed by atoms with Gasteiger partial charge in [-0.15, -0.1) is 0 Å². The lowest BCUT2D eigenvalue weighted by Gasteiger charge is -2.27. The van der Waals surface area contributed by atoms with E-state index in [4.69, 9.17) is 9.84 Å². The van der Waals surface area contributed by atoms with Crippen molar-refractivity contribution in [2.75, 3.05) is 39.8 Å². The predicted molar refractivity (Wildman–Crippen MR) is 74.6 cm³/mol. The molecule has 1 saturated heterocycles. The minimum atomic E-state index is -1.15. The average molecular weight is 280 g/mol. The van der Waals surface area contributed by atoms with Crippen molar-refractivity contribution < 1.29 is 19.7 Å². The molecular weight excluding hydrogens is 260 g/mol. The molecule has 1 heterocycles. The van der Waals surface area contributed by atoms with Crippen LogP contribution in [0.4, 0.5) is 0 Å². The molecule has 1 fully saturated rings. The Morgan fingerprint density at radius 2 is 2.10 bits per heavy atom. The van der Waals surface area contributed by atoms with E-state index in [2.05, 4.69) is 10.2 Å². The maximum Gasteiger partial charge on any atom is 0.339 e. The monoisotopic (exact) mass is 280 g/mol. The molecule has 0 bridgehead atoms. The maximum absolute atomic E-state index is 11.1. The van der Waals surface area contributed by atoms with Crippen LogP contribution in [0, 0.1) is 0 Å². The molecule has 2 rings (SSSR count). The number of carboxylic acid groups (broad SMARTS) is 1. The van der Waals surface area contributed by atoms with Crippen molar-refractivity contribution in [2.45, 2.75) is 6.42 Å². The van der Waals surface area contributed by atoms with Crippen molar-refractivity contribution in [3.8, 4) is 11.5 Å². The van der Waals surface area contributed by atoms with Crippen molar-refractivity contribution in [1.82, 2.24) is 10.2 Å². The molecule has 1 aromatic carbocycles. The van der Waals surface area contributed by atoms with Crippen LogP contribution in [0.3, 0.4) is 0 Å². The zero-order valence-corrected chi connectivity index (χ0v) is 11.6. The molecule has 6 heteroatoms. The van der Waals surface area contributed by atoms with Gasteiger partial charge in [0.15, 0.2) is 11.5 Å². The van der Waals surface area contributed by atoms with Crippen LogP contribution in [0.1, 0.15) is 15.9 Å². The van der Waals surface area contributed by atoms with Crippen LogP contribution < -0.4 is 10.1 Å². The van der Waals surface area contributed by atoms with Gasteiger partial charge in [-0.1, -0.05) is 0 Å². The highest BCUT2D eigenvalue weighted by atomic mass is 16.5. The summed E-state index contributed by atoms with van der Waals surface area (Å²) in [4.78, 5) is 13.4. The minimum absolute atomic E-state index is 0.111. The van der Waals surface area contributed by atoms with Crippen molar-refractivity contribution in [1.29, 1.82) is 0 Å². The van der Waals surface area contributed by atoms with Crippen LogP contribution in [0.2, 0.25) is 0 Å². The number of benzene rings is 1. The lowest BCUT2D eigenvalue weighted by molar-refractivity contribution is 0.0693. The molecule has 6 nitrogen and oxygen atoms in total. The number of aromatic carboxylic acids is 1. The number of carbonyl (C=O) groups is 1. The van der Waals surface area contributed by atoms with E-state index in [1.165, 1.54) is 13.2 Å². The Labute approximate surface area is 118 Å². The summed E-state index contributed by atoms with van der Waals surface area (Å²) in [5, 5.41) is 22.2. The van der Waals surface area contributed by atoms with Gasteiger partial charge in [-0.2, -0.15) is 0 Å². The number of aromatic hydroxyl groups is 1. The Bertz CT molecular complexity index is 484. The zero-order valence-electron chi connectivity index (χ0n) is 11.6. The third-order valence-electron chi connectivity index (χ3n) is 3.51. The second-order valence-electron chi connectivity index (χ2n) is 4.84. The van der Waals surface area contributed by atoms with Gasteiger partial charge in [0.2, 0.25) is 0 Å². The average Bonchev–Trinajstić information content (AvgIpc) is 2.47. The number of nitrogens with zero attached hydrogens (tertiary/aromatic N) is 1. The molecule has 0 radical (unpaired) electrons. The molecule has 0 amide bonds. The Kier molecular flexibility index (Phi) is 4.81. The maximum atomic E-state index is 11.1. The van der Waals surface area contributed by atoms with Crippen molar-refractivity contribution in [3.05, 3.63) is 23.3 Å². The first-order valence-electron chi connectivity index (χ1n) is 6.68. The number of carboxylic acids is 1. The summed E-state index contributed by atoms with van der Waals surface area (Å²) in [6, 6.07) is 3.21. The van der Waals surface area contributed by atoms with E-state index >= 15 is 0 Å². The smallest absolute Gasteiger partial charge is 0.339 e. The molecule has 0 aliphatic carbocycles. The molecule has 110 valence electrons. The summed E-state index contributed by atoms with van der Waals surface area (Å²) in [6.07, 6.45) is 0.733. The first kappa shape index (κ1) is 14.6. The largest absolute Gasteiger partial charge is 0.504 e. The van der Waals surface area contributed by atoms with Crippen molar-refractivity contribution in [2.24, 2.45) is 0 Å². The second kappa shape index (κ2) is 6.58. The van der Waals surface area contributed by atoms with E-state index < -0.39 is 5.97 Å². The van der Waals surface area contributed by atoms with Gasteiger partial charge in [0.25, 0.3) is 0 Å². The highest BCUT2D eigenvalue weighted by Gasteiger charge is 2.17. The Hall–Kier alpha value is -1.79. The highest BCUT2D eigenvalue weighted by Crippen LogP contribution is 2.31. The molecule has 1 aliphatic rings. The number of phenols is 1. The number of nitrogens with one attached hydrogen (secondary N) is 1. The molecular formula is C14H20N2O4. The summed E-state index contributed by atoms with van der Waals surface area (Å²) in [5.41, 5.74) is 0.746. The topological polar surface area (TPSA) is 82.0 Å². The van der Waals surface area contributed by atoms with E-state index in [9.17, 15) is 9.90 Å². The number of piperazine rings is 1. The molecule has 0 aromatic heterocycles. The van der Waals surface area contributed by atoms with E-state index in [0.29, 0.717) is 0 Å². The van der Waals surface area contributed by atoms with Crippen LogP contribution in [-0.2, 0) is 6.42 Å². The first-order valence-corrected chi connectivity index (χ1v) is 6.68. The summed E-state index contributed by atoms with van der Waals surface area (Å²) in [6.45, 7) is 4.84. The Morgan fingerprint density at radius 3 is 2.70 bits per heavy atom. The minimum Gasteiger partial charge on any atom is -0.504 e. The van der Waals surface area contributed by atoms with Gasteiger partial charge >= 0.3 is 5.97 Å².